The third-order valence-corrected chi connectivity index (χ3v) is 4.25. The number of ether oxygens (including phenoxy) is 1. The molecule has 0 bridgehead atoms. The normalized spacial score (nSPS) is 26.1. The molecule has 2 heterocycles. The molecule has 3 rings (SSSR count). The fraction of sp³-hybridized carbons (Fsp3) is 0.600. The Morgan fingerprint density at radius 3 is 3.00 bits per heavy atom. The van der Waals surface area contributed by atoms with Gasteiger partial charge in [0.25, 0.3) is 5.89 Å². The summed E-state index contributed by atoms with van der Waals surface area (Å²) in [5.41, 5.74) is 5.10. The van der Waals surface area contributed by atoms with Gasteiger partial charge in [0.1, 0.15) is 11.4 Å². The topological polar surface area (TPSA) is 87.3 Å². The van der Waals surface area contributed by atoms with E-state index in [0.717, 1.165) is 19.3 Å². The molecule has 2 aromatic rings. The van der Waals surface area contributed by atoms with Crippen molar-refractivity contribution in [1.29, 1.82) is 0 Å². The monoisotopic (exact) mass is 291 g/mol. The highest BCUT2D eigenvalue weighted by atomic mass is 16.5. The lowest BCUT2D eigenvalue weighted by Gasteiger charge is -2.36. The summed E-state index contributed by atoms with van der Waals surface area (Å²) in [6, 6.07) is 3.61. The number of hydrogen-bond donors (Lipinski definition) is 1. The molecule has 0 aromatic carbocycles. The van der Waals surface area contributed by atoms with E-state index in [0.29, 0.717) is 35.7 Å². The van der Waals surface area contributed by atoms with Gasteiger partial charge in [0.05, 0.1) is 6.54 Å². The predicted molar refractivity (Wildman–Crippen MR) is 76.2 cm³/mol. The molecule has 6 nitrogen and oxygen atoms in total. The zero-order valence-corrected chi connectivity index (χ0v) is 12.5. The fourth-order valence-corrected chi connectivity index (χ4v) is 3.09. The smallest absolute Gasteiger partial charge is 0.293 e. The number of methoxy groups -OCH3 is 1. The van der Waals surface area contributed by atoms with Crippen molar-refractivity contribution in [2.75, 3.05) is 7.11 Å². The van der Waals surface area contributed by atoms with Crippen LogP contribution >= 0.6 is 0 Å². The van der Waals surface area contributed by atoms with Gasteiger partial charge in [-0.15, -0.1) is 0 Å². The number of nitrogens with two attached hydrogens (primary N) is 1. The van der Waals surface area contributed by atoms with Crippen molar-refractivity contribution in [3.63, 3.8) is 0 Å². The van der Waals surface area contributed by atoms with Gasteiger partial charge in [0.15, 0.2) is 5.76 Å². The maximum Gasteiger partial charge on any atom is 0.293 e. The molecule has 0 radical (unpaired) electrons. The lowest BCUT2D eigenvalue weighted by molar-refractivity contribution is -0.0658. The van der Waals surface area contributed by atoms with Crippen LogP contribution in [-0.4, -0.2) is 17.3 Å². The Balaban J connectivity index is 1.89. The maximum absolute atomic E-state index is 5.78. The molecule has 0 amide bonds. The summed E-state index contributed by atoms with van der Waals surface area (Å²) in [6.45, 7) is 2.58. The molecular weight excluding hydrogens is 270 g/mol. The molecule has 6 heteroatoms. The molecule has 2 N–H and O–H groups in total. The van der Waals surface area contributed by atoms with E-state index in [1.54, 1.807) is 13.2 Å². The van der Waals surface area contributed by atoms with Crippen molar-refractivity contribution in [3.8, 4) is 11.7 Å². The van der Waals surface area contributed by atoms with Crippen LogP contribution in [-0.2, 0) is 16.9 Å². The first-order valence-electron chi connectivity index (χ1n) is 7.35. The molecule has 21 heavy (non-hydrogen) atoms. The number of rotatable bonds is 4. The van der Waals surface area contributed by atoms with Crippen molar-refractivity contribution in [2.24, 2.45) is 11.7 Å². The fourth-order valence-electron chi connectivity index (χ4n) is 3.09. The molecule has 1 saturated carbocycles. The van der Waals surface area contributed by atoms with Crippen molar-refractivity contribution < 1.29 is 13.7 Å². The summed E-state index contributed by atoms with van der Waals surface area (Å²) < 4.78 is 16.7. The average molecular weight is 291 g/mol. The second kappa shape index (κ2) is 5.61. The Hall–Kier alpha value is -1.66. The largest absolute Gasteiger partial charge is 0.455 e. The zero-order valence-electron chi connectivity index (χ0n) is 12.5. The Morgan fingerprint density at radius 1 is 1.48 bits per heavy atom. The molecule has 1 aliphatic carbocycles. The Kier molecular flexibility index (Phi) is 3.82. The minimum absolute atomic E-state index is 0.348. The van der Waals surface area contributed by atoms with E-state index in [1.165, 1.54) is 6.42 Å². The highest BCUT2D eigenvalue weighted by Gasteiger charge is 2.41. The van der Waals surface area contributed by atoms with Crippen LogP contribution in [0, 0.1) is 5.92 Å². The van der Waals surface area contributed by atoms with Crippen LogP contribution in [0.5, 0.6) is 0 Å². The summed E-state index contributed by atoms with van der Waals surface area (Å²) in [7, 11) is 1.72. The second-order valence-electron chi connectivity index (χ2n) is 5.79. The summed E-state index contributed by atoms with van der Waals surface area (Å²) in [4.78, 5) is 4.49. The summed E-state index contributed by atoms with van der Waals surface area (Å²) in [5, 5.41) is 4.13. The first-order chi connectivity index (χ1) is 10.2. The minimum atomic E-state index is -0.442. The second-order valence-corrected chi connectivity index (χ2v) is 5.79. The first-order valence-corrected chi connectivity index (χ1v) is 7.35. The number of hydrogen-bond acceptors (Lipinski definition) is 6. The third-order valence-electron chi connectivity index (χ3n) is 4.25. The van der Waals surface area contributed by atoms with Gasteiger partial charge in [-0.1, -0.05) is 18.5 Å². The van der Waals surface area contributed by atoms with E-state index in [-0.39, 0.29) is 0 Å². The van der Waals surface area contributed by atoms with E-state index < -0.39 is 5.60 Å². The Morgan fingerprint density at radius 2 is 2.33 bits per heavy atom. The maximum atomic E-state index is 5.78. The van der Waals surface area contributed by atoms with Gasteiger partial charge < -0.3 is 19.4 Å². The van der Waals surface area contributed by atoms with Gasteiger partial charge in [-0.25, -0.2) is 0 Å². The van der Waals surface area contributed by atoms with E-state index >= 15 is 0 Å². The summed E-state index contributed by atoms with van der Waals surface area (Å²) in [5.74, 6) is 2.81. The number of aromatic nitrogens is 2. The van der Waals surface area contributed by atoms with Crippen molar-refractivity contribution in [3.05, 3.63) is 23.7 Å². The Bertz CT molecular complexity index is 607. The molecule has 0 spiro atoms. The van der Waals surface area contributed by atoms with Crippen molar-refractivity contribution in [1.82, 2.24) is 10.1 Å². The first kappa shape index (κ1) is 14.3. The van der Waals surface area contributed by atoms with E-state index in [2.05, 4.69) is 17.1 Å². The highest BCUT2D eigenvalue weighted by molar-refractivity contribution is 5.44. The molecule has 2 unspecified atom stereocenters. The van der Waals surface area contributed by atoms with E-state index in [9.17, 15) is 0 Å². The molecule has 114 valence electrons. The predicted octanol–water partition coefficient (Wildman–Crippen LogP) is 2.84. The van der Waals surface area contributed by atoms with Gasteiger partial charge in [0.2, 0.25) is 5.82 Å². The molecule has 0 saturated heterocycles. The SMILES string of the molecule is COC1(c2noc(-c3ccc(CN)o3)n2)CCCC(C)C1. The number of nitrogens with zero attached hydrogens (tertiary/aromatic N) is 2. The zero-order chi connectivity index (χ0) is 14.9. The van der Waals surface area contributed by atoms with Crippen LogP contribution in [0.3, 0.4) is 0 Å². The van der Waals surface area contributed by atoms with Gasteiger partial charge >= 0.3 is 0 Å². The van der Waals surface area contributed by atoms with E-state index in [4.69, 9.17) is 19.4 Å². The van der Waals surface area contributed by atoms with Crippen LogP contribution in [0.4, 0.5) is 0 Å². The summed E-state index contributed by atoms with van der Waals surface area (Å²) in [6.07, 6.45) is 4.15. The Labute approximate surface area is 123 Å². The van der Waals surface area contributed by atoms with Gasteiger partial charge in [-0.2, -0.15) is 4.98 Å². The standard InChI is InChI=1S/C15H21N3O3/c1-10-4-3-7-15(8-10,19-2)14-17-13(21-18-14)12-6-5-11(9-16)20-12/h5-6,10H,3-4,7-9,16H2,1-2H3. The minimum Gasteiger partial charge on any atom is -0.455 e. The lowest BCUT2D eigenvalue weighted by atomic mass is 9.78. The molecule has 1 aliphatic rings. The molecule has 1 fully saturated rings. The van der Waals surface area contributed by atoms with Gasteiger partial charge in [-0.3, -0.25) is 0 Å². The van der Waals surface area contributed by atoms with Crippen LogP contribution < -0.4 is 5.73 Å². The van der Waals surface area contributed by atoms with Crippen LogP contribution in [0.2, 0.25) is 0 Å². The molecule has 2 atom stereocenters. The number of furan rings is 1. The molecular formula is C15H21N3O3. The van der Waals surface area contributed by atoms with Crippen LogP contribution in [0.1, 0.15) is 44.2 Å². The van der Waals surface area contributed by atoms with Gasteiger partial charge in [0, 0.05) is 7.11 Å². The average Bonchev–Trinajstić information content (AvgIpc) is 3.16. The highest BCUT2D eigenvalue weighted by Crippen LogP contribution is 2.41. The summed E-state index contributed by atoms with van der Waals surface area (Å²) >= 11 is 0. The third kappa shape index (κ3) is 2.61. The molecule has 2 aromatic heterocycles. The van der Waals surface area contributed by atoms with Gasteiger partial charge in [-0.05, 0) is 37.3 Å². The quantitative estimate of drug-likeness (QED) is 0.932. The van der Waals surface area contributed by atoms with Crippen molar-refractivity contribution in [2.45, 2.75) is 44.8 Å². The molecule has 0 aliphatic heterocycles. The van der Waals surface area contributed by atoms with Crippen LogP contribution in [0.15, 0.2) is 21.1 Å². The van der Waals surface area contributed by atoms with Crippen LogP contribution in [0.25, 0.3) is 11.7 Å². The van der Waals surface area contributed by atoms with E-state index in [1.807, 2.05) is 6.07 Å². The van der Waals surface area contributed by atoms with Crippen molar-refractivity contribution >= 4 is 0 Å². The lowest BCUT2D eigenvalue weighted by Crippen LogP contribution is -2.35.